The molecule has 2 rings (SSSR count). The lowest BCUT2D eigenvalue weighted by Gasteiger charge is -2.12. The normalized spacial score (nSPS) is 24.0. The van der Waals surface area contributed by atoms with Crippen LogP contribution in [0.15, 0.2) is 21.1 Å². The van der Waals surface area contributed by atoms with Crippen molar-refractivity contribution in [1.29, 1.82) is 0 Å². The number of hydrogen-bond donors (Lipinski definition) is 0. The van der Waals surface area contributed by atoms with Gasteiger partial charge < -0.3 is 9.47 Å². The van der Waals surface area contributed by atoms with Crippen LogP contribution in [0, 0.1) is 6.92 Å². The summed E-state index contributed by atoms with van der Waals surface area (Å²) in [5.74, 6) is 0.904. The van der Waals surface area contributed by atoms with E-state index in [0.717, 1.165) is 26.9 Å². The van der Waals surface area contributed by atoms with Crippen molar-refractivity contribution in [2.45, 2.75) is 19.4 Å². The standard InChI is InChI=1S/C11H12Br2O2/c1-7-9(4-3-8(12)10(7)13)14-5-11(2)6-15-11/h3-4H,5-6H2,1-2H3. The fraction of sp³-hybridized carbons (Fsp3) is 0.455. The minimum Gasteiger partial charge on any atom is -0.490 e. The minimum atomic E-state index is -0.0635. The Morgan fingerprint density at radius 3 is 2.73 bits per heavy atom. The van der Waals surface area contributed by atoms with Crippen LogP contribution in [0.2, 0.25) is 0 Å². The van der Waals surface area contributed by atoms with Gasteiger partial charge in [-0.15, -0.1) is 0 Å². The van der Waals surface area contributed by atoms with Gasteiger partial charge in [-0.2, -0.15) is 0 Å². The Labute approximate surface area is 106 Å². The molecule has 0 N–H and O–H groups in total. The number of benzene rings is 1. The molecule has 1 aliphatic heterocycles. The average Bonchev–Trinajstić information content (AvgIpc) is 2.93. The van der Waals surface area contributed by atoms with Crippen LogP contribution in [0.3, 0.4) is 0 Å². The minimum absolute atomic E-state index is 0.0635. The van der Waals surface area contributed by atoms with Crippen LogP contribution in [0.4, 0.5) is 0 Å². The summed E-state index contributed by atoms with van der Waals surface area (Å²) in [6.07, 6.45) is 0. The highest BCUT2D eigenvalue weighted by molar-refractivity contribution is 9.13. The molecule has 1 atom stereocenters. The molecule has 15 heavy (non-hydrogen) atoms. The van der Waals surface area contributed by atoms with Crippen molar-refractivity contribution >= 4 is 31.9 Å². The largest absolute Gasteiger partial charge is 0.490 e. The van der Waals surface area contributed by atoms with E-state index in [1.165, 1.54) is 0 Å². The molecule has 1 saturated heterocycles. The summed E-state index contributed by atoms with van der Waals surface area (Å²) in [7, 11) is 0. The summed E-state index contributed by atoms with van der Waals surface area (Å²) >= 11 is 6.96. The zero-order valence-corrected chi connectivity index (χ0v) is 11.8. The lowest BCUT2D eigenvalue weighted by atomic mass is 10.2. The molecule has 1 heterocycles. The quantitative estimate of drug-likeness (QED) is 0.786. The van der Waals surface area contributed by atoms with E-state index >= 15 is 0 Å². The van der Waals surface area contributed by atoms with E-state index in [2.05, 4.69) is 38.8 Å². The van der Waals surface area contributed by atoms with Gasteiger partial charge >= 0.3 is 0 Å². The Kier molecular flexibility index (Phi) is 3.10. The Morgan fingerprint density at radius 1 is 1.47 bits per heavy atom. The highest BCUT2D eigenvalue weighted by atomic mass is 79.9. The van der Waals surface area contributed by atoms with Gasteiger partial charge in [0.25, 0.3) is 0 Å². The summed E-state index contributed by atoms with van der Waals surface area (Å²) in [4.78, 5) is 0. The van der Waals surface area contributed by atoms with Crippen LogP contribution in [0.25, 0.3) is 0 Å². The van der Waals surface area contributed by atoms with Crippen LogP contribution < -0.4 is 4.74 Å². The van der Waals surface area contributed by atoms with Crippen molar-refractivity contribution in [3.05, 3.63) is 26.6 Å². The van der Waals surface area contributed by atoms with Gasteiger partial charge in [-0.05, 0) is 57.8 Å². The van der Waals surface area contributed by atoms with Crippen LogP contribution in [0.5, 0.6) is 5.75 Å². The Hall–Kier alpha value is -0.0600. The smallest absolute Gasteiger partial charge is 0.123 e. The third-order valence-corrected chi connectivity index (χ3v) is 4.67. The number of ether oxygens (including phenoxy) is 2. The van der Waals surface area contributed by atoms with Crippen LogP contribution >= 0.6 is 31.9 Å². The first-order valence-corrected chi connectivity index (χ1v) is 6.32. The molecule has 0 spiro atoms. The Bertz CT molecular complexity index is 386. The molecule has 0 saturated carbocycles. The summed E-state index contributed by atoms with van der Waals surface area (Å²) in [6, 6.07) is 3.94. The van der Waals surface area contributed by atoms with Gasteiger partial charge in [-0.1, -0.05) is 0 Å². The van der Waals surface area contributed by atoms with Gasteiger partial charge in [0, 0.05) is 14.5 Å². The molecular weight excluding hydrogens is 324 g/mol. The summed E-state index contributed by atoms with van der Waals surface area (Å²) < 4.78 is 13.1. The third-order valence-electron chi connectivity index (χ3n) is 2.46. The van der Waals surface area contributed by atoms with Crippen LogP contribution in [-0.4, -0.2) is 18.8 Å². The van der Waals surface area contributed by atoms with Crippen molar-refractivity contribution < 1.29 is 9.47 Å². The van der Waals surface area contributed by atoms with E-state index in [1.54, 1.807) is 0 Å². The zero-order chi connectivity index (χ0) is 11.1. The van der Waals surface area contributed by atoms with Crippen LogP contribution in [-0.2, 0) is 4.74 Å². The molecule has 0 radical (unpaired) electrons. The van der Waals surface area contributed by atoms with Gasteiger partial charge in [-0.25, -0.2) is 0 Å². The predicted molar refractivity (Wildman–Crippen MR) is 66.4 cm³/mol. The van der Waals surface area contributed by atoms with Crippen molar-refractivity contribution in [1.82, 2.24) is 0 Å². The molecule has 1 fully saturated rings. The highest BCUT2D eigenvalue weighted by Crippen LogP contribution is 2.34. The van der Waals surface area contributed by atoms with Gasteiger partial charge in [0.15, 0.2) is 0 Å². The monoisotopic (exact) mass is 334 g/mol. The highest BCUT2D eigenvalue weighted by Gasteiger charge is 2.40. The summed E-state index contributed by atoms with van der Waals surface area (Å²) in [5.41, 5.74) is 1.04. The summed E-state index contributed by atoms with van der Waals surface area (Å²) in [5, 5.41) is 0. The first-order valence-electron chi connectivity index (χ1n) is 4.73. The van der Waals surface area contributed by atoms with Crippen molar-refractivity contribution in [3.8, 4) is 5.75 Å². The van der Waals surface area contributed by atoms with E-state index in [4.69, 9.17) is 9.47 Å². The maximum atomic E-state index is 5.72. The Morgan fingerprint density at radius 2 is 2.13 bits per heavy atom. The first-order chi connectivity index (χ1) is 7.02. The molecular formula is C11H12Br2O2. The van der Waals surface area contributed by atoms with E-state index in [0.29, 0.717) is 6.61 Å². The van der Waals surface area contributed by atoms with Crippen LogP contribution in [0.1, 0.15) is 12.5 Å². The summed E-state index contributed by atoms with van der Waals surface area (Å²) in [6.45, 7) is 5.49. The zero-order valence-electron chi connectivity index (χ0n) is 8.64. The van der Waals surface area contributed by atoms with Crippen molar-refractivity contribution in [3.63, 3.8) is 0 Å². The van der Waals surface area contributed by atoms with Gasteiger partial charge in [0.05, 0.1) is 6.61 Å². The second kappa shape index (κ2) is 4.07. The first kappa shape index (κ1) is 11.4. The number of rotatable bonds is 3. The molecule has 1 aliphatic rings. The van der Waals surface area contributed by atoms with Gasteiger partial charge in [0.1, 0.15) is 18.0 Å². The third kappa shape index (κ3) is 2.55. The molecule has 2 nitrogen and oxygen atoms in total. The molecule has 0 aromatic heterocycles. The Balaban J connectivity index is 2.11. The number of epoxide rings is 1. The molecule has 4 heteroatoms. The van der Waals surface area contributed by atoms with E-state index in [9.17, 15) is 0 Å². The molecule has 1 aromatic carbocycles. The van der Waals surface area contributed by atoms with Crippen molar-refractivity contribution in [2.24, 2.45) is 0 Å². The molecule has 82 valence electrons. The topological polar surface area (TPSA) is 21.8 Å². The predicted octanol–water partition coefficient (Wildman–Crippen LogP) is 3.69. The SMILES string of the molecule is Cc1c(OCC2(C)CO2)ccc(Br)c1Br. The molecule has 1 unspecified atom stereocenters. The van der Waals surface area contributed by atoms with E-state index < -0.39 is 0 Å². The maximum Gasteiger partial charge on any atom is 0.123 e. The lowest BCUT2D eigenvalue weighted by molar-refractivity contribution is 0.201. The number of halogens is 2. The molecule has 1 aromatic rings. The molecule has 0 aliphatic carbocycles. The van der Waals surface area contributed by atoms with E-state index in [-0.39, 0.29) is 5.60 Å². The molecule has 0 amide bonds. The fourth-order valence-electron chi connectivity index (χ4n) is 1.23. The second-order valence-electron chi connectivity index (χ2n) is 4.01. The second-order valence-corrected chi connectivity index (χ2v) is 5.66. The number of hydrogen-bond acceptors (Lipinski definition) is 2. The van der Waals surface area contributed by atoms with Gasteiger partial charge in [0.2, 0.25) is 0 Å². The lowest BCUT2D eigenvalue weighted by Crippen LogP contribution is -2.17. The average molecular weight is 336 g/mol. The fourth-order valence-corrected chi connectivity index (χ4v) is 1.98. The van der Waals surface area contributed by atoms with Crippen molar-refractivity contribution in [2.75, 3.05) is 13.2 Å². The van der Waals surface area contributed by atoms with Gasteiger partial charge in [-0.3, -0.25) is 0 Å². The van der Waals surface area contributed by atoms with E-state index in [1.807, 2.05) is 19.1 Å². The molecule has 0 bridgehead atoms. The maximum absolute atomic E-state index is 5.72.